The molecule has 1 fully saturated rings. The van der Waals surface area contributed by atoms with Crippen LogP contribution in [0.3, 0.4) is 0 Å². The highest BCUT2D eigenvalue weighted by molar-refractivity contribution is 5.60. The minimum Gasteiger partial charge on any atom is -0.493 e. The number of nitrogens with two attached hydrogens (primary N) is 1. The van der Waals surface area contributed by atoms with Crippen LogP contribution in [0.5, 0.6) is 5.75 Å². The van der Waals surface area contributed by atoms with Gasteiger partial charge in [0.15, 0.2) is 0 Å². The van der Waals surface area contributed by atoms with Gasteiger partial charge in [0.05, 0.1) is 18.8 Å². The summed E-state index contributed by atoms with van der Waals surface area (Å²) in [4.78, 5) is 0. The molecule has 1 atom stereocenters. The molecule has 0 aliphatic carbocycles. The lowest BCUT2D eigenvalue weighted by Gasteiger charge is -2.25. The summed E-state index contributed by atoms with van der Waals surface area (Å²) in [6.07, 6.45) is 2.00. The maximum absolute atomic E-state index is 5.90. The van der Waals surface area contributed by atoms with E-state index in [1.165, 1.54) is 0 Å². The summed E-state index contributed by atoms with van der Waals surface area (Å²) in [6, 6.07) is 5.78. The van der Waals surface area contributed by atoms with Gasteiger partial charge in [-0.15, -0.1) is 0 Å². The van der Waals surface area contributed by atoms with E-state index in [2.05, 4.69) is 19.2 Å². The van der Waals surface area contributed by atoms with Crippen LogP contribution in [-0.2, 0) is 4.74 Å². The van der Waals surface area contributed by atoms with E-state index in [4.69, 9.17) is 15.2 Å². The maximum atomic E-state index is 5.90. The highest BCUT2D eigenvalue weighted by Crippen LogP contribution is 2.28. The molecule has 1 unspecified atom stereocenters. The van der Waals surface area contributed by atoms with E-state index in [0.717, 1.165) is 37.5 Å². The normalized spacial score (nSPS) is 23.0. The smallest absolute Gasteiger partial charge is 0.123 e. The van der Waals surface area contributed by atoms with Gasteiger partial charge in [0.2, 0.25) is 0 Å². The summed E-state index contributed by atoms with van der Waals surface area (Å²) < 4.78 is 11.1. The van der Waals surface area contributed by atoms with Gasteiger partial charge >= 0.3 is 0 Å². The Balaban J connectivity index is 2.09. The lowest BCUT2D eigenvalue weighted by atomic mass is 10.0. The van der Waals surface area contributed by atoms with Crippen LogP contribution in [0.15, 0.2) is 18.2 Å². The molecule has 4 nitrogen and oxygen atoms in total. The molecule has 2 rings (SSSR count). The third-order valence-corrected chi connectivity index (χ3v) is 3.07. The fourth-order valence-corrected chi connectivity index (χ4v) is 2.11. The lowest BCUT2D eigenvalue weighted by Crippen LogP contribution is -2.34. The van der Waals surface area contributed by atoms with Gasteiger partial charge in [-0.05, 0) is 25.8 Å². The summed E-state index contributed by atoms with van der Waals surface area (Å²) >= 11 is 0. The third-order valence-electron chi connectivity index (χ3n) is 3.07. The first-order chi connectivity index (χ1) is 8.61. The van der Waals surface area contributed by atoms with Gasteiger partial charge in [0.25, 0.3) is 0 Å². The minimum atomic E-state index is -0.00415. The molecule has 4 heteroatoms. The van der Waals surface area contributed by atoms with Gasteiger partial charge in [-0.1, -0.05) is 6.92 Å². The first kappa shape index (κ1) is 13.0. The van der Waals surface area contributed by atoms with Crippen LogP contribution < -0.4 is 15.8 Å². The molecular weight excluding hydrogens is 228 g/mol. The standard InChI is InChI=1S/C14H22N2O2/c1-3-5-18-13-8-11(15)7-12(9-13)16-14(2)4-6-17-10-14/h7-9,16H,3-6,10,15H2,1-2H3. The van der Waals surface area contributed by atoms with Crippen LogP contribution in [0.4, 0.5) is 11.4 Å². The number of benzene rings is 1. The van der Waals surface area contributed by atoms with Gasteiger partial charge in [-0.3, -0.25) is 0 Å². The van der Waals surface area contributed by atoms with E-state index in [1.54, 1.807) is 0 Å². The molecule has 0 saturated carbocycles. The molecule has 3 N–H and O–H groups in total. The fraction of sp³-hybridized carbons (Fsp3) is 0.571. The number of ether oxygens (including phenoxy) is 2. The Morgan fingerprint density at radius 3 is 2.94 bits per heavy atom. The number of rotatable bonds is 5. The minimum absolute atomic E-state index is 0.00415. The molecule has 100 valence electrons. The number of hydrogen-bond acceptors (Lipinski definition) is 4. The van der Waals surface area contributed by atoms with Gasteiger partial charge in [-0.2, -0.15) is 0 Å². The zero-order chi connectivity index (χ0) is 13.0. The van der Waals surface area contributed by atoms with Crippen LogP contribution in [0.2, 0.25) is 0 Å². The molecule has 0 radical (unpaired) electrons. The molecular formula is C14H22N2O2. The van der Waals surface area contributed by atoms with Crippen molar-refractivity contribution in [1.29, 1.82) is 0 Å². The second-order valence-corrected chi connectivity index (χ2v) is 5.13. The van der Waals surface area contributed by atoms with Crippen LogP contribution in [0.1, 0.15) is 26.7 Å². The summed E-state index contributed by atoms with van der Waals surface area (Å²) in [5, 5.41) is 3.49. The van der Waals surface area contributed by atoms with Crippen molar-refractivity contribution in [3.05, 3.63) is 18.2 Å². The molecule has 0 amide bonds. The Morgan fingerprint density at radius 2 is 2.28 bits per heavy atom. The fourth-order valence-electron chi connectivity index (χ4n) is 2.11. The summed E-state index contributed by atoms with van der Waals surface area (Å²) in [7, 11) is 0. The first-order valence-electron chi connectivity index (χ1n) is 6.51. The SMILES string of the molecule is CCCOc1cc(N)cc(NC2(C)CCOC2)c1. The molecule has 1 saturated heterocycles. The van der Waals surface area contributed by atoms with Crippen LogP contribution >= 0.6 is 0 Å². The van der Waals surface area contributed by atoms with E-state index in [-0.39, 0.29) is 5.54 Å². The summed E-state index contributed by atoms with van der Waals surface area (Å²) in [6.45, 7) is 6.50. The van der Waals surface area contributed by atoms with Gasteiger partial charge < -0.3 is 20.5 Å². The Bertz CT molecular complexity index is 401. The predicted octanol–water partition coefficient (Wildman–Crippen LogP) is 2.65. The van der Waals surface area contributed by atoms with Crippen LogP contribution in [0.25, 0.3) is 0 Å². The van der Waals surface area contributed by atoms with Crippen molar-refractivity contribution < 1.29 is 9.47 Å². The summed E-state index contributed by atoms with van der Waals surface area (Å²) in [5.41, 5.74) is 7.60. The highest BCUT2D eigenvalue weighted by atomic mass is 16.5. The van der Waals surface area contributed by atoms with E-state index >= 15 is 0 Å². The quantitative estimate of drug-likeness (QED) is 0.789. The second kappa shape index (κ2) is 5.48. The average Bonchev–Trinajstić information content (AvgIpc) is 2.72. The maximum Gasteiger partial charge on any atom is 0.123 e. The van der Waals surface area contributed by atoms with Crippen molar-refractivity contribution >= 4 is 11.4 Å². The third kappa shape index (κ3) is 3.29. The monoisotopic (exact) mass is 250 g/mol. The topological polar surface area (TPSA) is 56.5 Å². The summed E-state index contributed by atoms with van der Waals surface area (Å²) in [5.74, 6) is 0.821. The molecule has 1 aliphatic rings. The van der Waals surface area contributed by atoms with E-state index in [0.29, 0.717) is 12.3 Å². The Kier molecular flexibility index (Phi) is 3.97. The molecule has 1 heterocycles. The second-order valence-electron chi connectivity index (χ2n) is 5.13. The van der Waals surface area contributed by atoms with Crippen molar-refractivity contribution in [2.24, 2.45) is 0 Å². The number of anilines is 2. The molecule has 1 aromatic carbocycles. The Hall–Kier alpha value is -1.42. The molecule has 1 aliphatic heterocycles. The zero-order valence-corrected chi connectivity index (χ0v) is 11.2. The predicted molar refractivity (Wildman–Crippen MR) is 74.1 cm³/mol. The Labute approximate surface area is 108 Å². The van der Waals surface area contributed by atoms with Gasteiger partial charge in [0, 0.05) is 30.1 Å². The lowest BCUT2D eigenvalue weighted by molar-refractivity contribution is 0.185. The number of hydrogen-bond donors (Lipinski definition) is 2. The molecule has 1 aromatic rings. The number of nitrogens with one attached hydrogen (secondary N) is 1. The molecule has 0 spiro atoms. The molecule has 0 bridgehead atoms. The van der Waals surface area contributed by atoms with Crippen LogP contribution in [-0.4, -0.2) is 25.4 Å². The largest absolute Gasteiger partial charge is 0.493 e. The highest BCUT2D eigenvalue weighted by Gasteiger charge is 2.29. The van der Waals surface area contributed by atoms with Crippen molar-refractivity contribution in [1.82, 2.24) is 0 Å². The van der Waals surface area contributed by atoms with E-state index in [9.17, 15) is 0 Å². The van der Waals surface area contributed by atoms with Crippen molar-refractivity contribution in [2.75, 3.05) is 30.9 Å². The van der Waals surface area contributed by atoms with E-state index < -0.39 is 0 Å². The zero-order valence-electron chi connectivity index (χ0n) is 11.2. The molecule has 18 heavy (non-hydrogen) atoms. The Morgan fingerprint density at radius 1 is 1.44 bits per heavy atom. The van der Waals surface area contributed by atoms with Gasteiger partial charge in [0.1, 0.15) is 5.75 Å². The molecule has 0 aromatic heterocycles. The average molecular weight is 250 g/mol. The van der Waals surface area contributed by atoms with Crippen molar-refractivity contribution in [3.8, 4) is 5.75 Å². The van der Waals surface area contributed by atoms with E-state index in [1.807, 2.05) is 18.2 Å². The van der Waals surface area contributed by atoms with Crippen molar-refractivity contribution in [3.63, 3.8) is 0 Å². The van der Waals surface area contributed by atoms with Crippen LogP contribution in [0, 0.1) is 0 Å². The number of nitrogen functional groups attached to an aromatic ring is 1. The first-order valence-corrected chi connectivity index (χ1v) is 6.51. The van der Waals surface area contributed by atoms with Crippen molar-refractivity contribution in [2.45, 2.75) is 32.2 Å². The van der Waals surface area contributed by atoms with Gasteiger partial charge in [-0.25, -0.2) is 0 Å².